The molecule has 0 aromatic carbocycles. The lowest BCUT2D eigenvalue weighted by Gasteiger charge is -2.01. The molecule has 0 N–H and O–H groups in total. The number of nitrogens with zero attached hydrogens (tertiary/aromatic N) is 1. The van der Waals surface area contributed by atoms with E-state index in [0.29, 0.717) is 12.2 Å². The molecule has 0 aliphatic rings. The van der Waals surface area contributed by atoms with E-state index in [1.807, 2.05) is 6.07 Å². The minimum Gasteiger partial charge on any atom is -0.384 e. The Balaban J connectivity index is 2.59. The van der Waals surface area contributed by atoms with Gasteiger partial charge in [-0.1, -0.05) is 0 Å². The summed E-state index contributed by atoms with van der Waals surface area (Å²) in [6.45, 7) is 2.25. The molecule has 0 aliphatic carbocycles. The van der Waals surface area contributed by atoms with Gasteiger partial charge in [0.15, 0.2) is 5.78 Å². The summed E-state index contributed by atoms with van der Waals surface area (Å²) < 4.78 is 4.93. The van der Waals surface area contributed by atoms with Crippen LogP contribution in [0.25, 0.3) is 0 Å². The zero-order chi connectivity index (χ0) is 10.4. The molecule has 0 fully saturated rings. The number of Topliss-reactive ketones (excluding diaryl/α,β-unsaturated/α-hetero) is 1. The van der Waals surface area contributed by atoms with Crippen LogP contribution in [0.5, 0.6) is 0 Å². The van der Waals surface area contributed by atoms with Crippen molar-refractivity contribution >= 4 is 17.5 Å². The second-order valence-electron chi connectivity index (χ2n) is 2.78. The Kier molecular flexibility index (Phi) is 4.62. The number of methoxy groups -OCH3 is 1. The molecule has 76 valence electrons. The van der Waals surface area contributed by atoms with Gasteiger partial charge in [-0.05, 0) is 19.1 Å². The van der Waals surface area contributed by atoms with Crippen LogP contribution in [-0.2, 0) is 4.74 Å². The highest BCUT2D eigenvalue weighted by Gasteiger charge is 2.01. The van der Waals surface area contributed by atoms with Gasteiger partial charge in [-0.3, -0.25) is 4.79 Å². The number of thioether (sulfide) groups is 1. The Bertz CT molecular complexity index is 315. The summed E-state index contributed by atoms with van der Waals surface area (Å²) in [7, 11) is 1.67. The van der Waals surface area contributed by atoms with Gasteiger partial charge in [0.05, 0.1) is 11.6 Å². The molecule has 1 rings (SSSR count). The van der Waals surface area contributed by atoms with Gasteiger partial charge in [0.1, 0.15) is 0 Å². The van der Waals surface area contributed by atoms with E-state index in [4.69, 9.17) is 4.74 Å². The van der Waals surface area contributed by atoms with Gasteiger partial charge in [0.25, 0.3) is 0 Å². The highest BCUT2D eigenvalue weighted by atomic mass is 32.2. The summed E-state index contributed by atoms with van der Waals surface area (Å²) in [5.74, 6) is 0.922. The molecule has 0 amide bonds. The fourth-order valence-electron chi connectivity index (χ4n) is 0.937. The topological polar surface area (TPSA) is 39.2 Å². The van der Waals surface area contributed by atoms with E-state index in [0.717, 1.165) is 10.8 Å². The van der Waals surface area contributed by atoms with Crippen molar-refractivity contribution in [2.45, 2.75) is 11.9 Å². The lowest BCUT2D eigenvalue weighted by Crippen LogP contribution is -1.95. The monoisotopic (exact) mass is 211 g/mol. The molecule has 0 radical (unpaired) electrons. The molecule has 1 heterocycles. The van der Waals surface area contributed by atoms with Gasteiger partial charge in [0, 0.05) is 24.6 Å². The summed E-state index contributed by atoms with van der Waals surface area (Å²) in [5.41, 5.74) is 0.708. The van der Waals surface area contributed by atoms with Gasteiger partial charge in [-0.15, -0.1) is 11.8 Å². The average Bonchev–Trinajstić information content (AvgIpc) is 2.19. The normalized spacial score (nSPS) is 10.1. The van der Waals surface area contributed by atoms with E-state index in [1.165, 1.54) is 0 Å². The zero-order valence-corrected chi connectivity index (χ0v) is 9.13. The molecule has 3 nitrogen and oxygen atoms in total. The predicted octanol–water partition coefficient (Wildman–Crippen LogP) is 2.02. The quantitative estimate of drug-likeness (QED) is 0.424. The smallest absolute Gasteiger partial charge is 0.159 e. The Labute approximate surface area is 87.9 Å². The number of hydrogen-bond donors (Lipinski definition) is 0. The number of ether oxygens (including phenoxy) is 1. The third-order valence-electron chi connectivity index (χ3n) is 1.68. The van der Waals surface area contributed by atoms with Crippen LogP contribution in [0.15, 0.2) is 23.4 Å². The van der Waals surface area contributed by atoms with E-state index >= 15 is 0 Å². The molecule has 0 saturated heterocycles. The first-order valence-corrected chi connectivity index (χ1v) is 5.31. The first-order chi connectivity index (χ1) is 6.74. The van der Waals surface area contributed by atoms with Crippen LogP contribution in [0.4, 0.5) is 0 Å². The van der Waals surface area contributed by atoms with Gasteiger partial charge < -0.3 is 4.74 Å². The molecule has 0 unspecified atom stereocenters. The molecule has 0 spiro atoms. The van der Waals surface area contributed by atoms with Gasteiger partial charge in [-0.25, -0.2) is 4.98 Å². The first kappa shape index (κ1) is 11.2. The molecule has 0 saturated carbocycles. The Morgan fingerprint density at radius 3 is 3.07 bits per heavy atom. The number of carbonyl (C=O) groups is 1. The maximum Gasteiger partial charge on any atom is 0.159 e. The standard InChI is InChI=1S/C10H13NO2S/c1-8(12)9-3-4-11-10(7-9)14-6-5-13-2/h3-4,7H,5-6H2,1-2H3. The summed E-state index contributed by atoms with van der Waals surface area (Å²) in [4.78, 5) is 15.2. The number of hydrogen-bond acceptors (Lipinski definition) is 4. The van der Waals surface area contributed by atoms with E-state index in [1.54, 1.807) is 38.1 Å². The SMILES string of the molecule is COCCSc1cc(C(C)=O)ccn1. The number of carbonyl (C=O) groups excluding carboxylic acids is 1. The fourth-order valence-corrected chi connectivity index (χ4v) is 1.74. The van der Waals surface area contributed by atoms with Crippen LogP contribution in [-0.4, -0.2) is 30.2 Å². The van der Waals surface area contributed by atoms with Crippen molar-refractivity contribution in [2.24, 2.45) is 0 Å². The van der Waals surface area contributed by atoms with E-state index in [-0.39, 0.29) is 5.78 Å². The number of aromatic nitrogens is 1. The second-order valence-corrected chi connectivity index (χ2v) is 3.90. The molecule has 1 aromatic rings. The van der Waals surface area contributed by atoms with Crippen LogP contribution in [0.1, 0.15) is 17.3 Å². The highest BCUT2D eigenvalue weighted by molar-refractivity contribution is 7.99. The third kappa shape index (κ3) is 3.47. The number of pyridine rings is 1. The minimum absolute atomic E-state index is 0.0704. The predicted molar refractivity (Wildman–Crippen MR) is 56.8 cm³/mol. The average molecular weight is 211 g/mol. The van der Waals surface area contributed by atoms with Crippen LogP contribution < -0.4 is 0 Å². The van der Waals surface area contributed by atoms with Gasteiger partial charge >= 0.3 is 0 Å². The molecule has 0 atom stereocenters. The lowest BCUT2D eigenvalue weighted by molar-refractivity contribution is 0.101. The van der Waals surface area contributed by atoms with E-state index in [2.05, 4.69) is 4.98 Å². The fraction of sp³-hybridized carbons (Fsp3) is 0.400. The minimum atomic E-state index is 0.0704. The second kappa shape index (κ2) is 5.78. The summed E-state index contributed by atoms with van der Waals surface area (Å²) in [6, 6.07) is 3.53. The van der Waals surface area contributed by atoms with Crippen molar-refractivity contribution in [3.63, 3.8) is 0 Å². The maximum absolute atomic E-state index is 11.1. The third-order valence-corrected chi connectivity index (χ3v) is 2.57. The summed E-state index contributed by atoms with van der Waals surface area (Å²) in [5, 5.41) is 0.870. The van der Waals surface area contributed by atoms with E-state index in [9.17, 15) is 4.79 Å². The first-order valence-electron chi connectivity index (χ1n) is 4.33. The number of rotatable bonds is 5. The Hall–Kier alpha value is -0.870. The van der Waals surface area contributed by atoms with E-state index < -0.39 is 0 Å². The van der Waals surface area contributed by atoms with Crippen molar-refractivity contribution < 1.29 is 9.53 Å². The highest BCUT2D eigenvalue weighted by Crippen LogP contribution is 2.15. The van der Waals surface area contributed by atoms with Crippen molar-refractivity contribution in [3.05, 3.63) is 23.9 Å². The van der Waals surface area contributed by atoms with Crippen LogP contribution in [0.3, 0.4) is 0 Å². The molecule has 0 aliphatic heterocycles. The van der Waals surface area contributed by atoms with Gasteiger partial charge in [-0.2, -0.15) is 0 Å². The molecule has 1 aromatic heterocycles. The van der Waals surface area contributed by atoms with Crippen LogP contribution in [0.2, 0.25) is 0 Å². The molecular formula is C10H13NO2S. The van der Waals surface area contributed by atoms with Crippen molar-refractivity contribution in [3.8, 4) is 0 Å². The Morgan fingerprint density at radius 2 is 2.43 bits per heavy atom. The van der Waals surface area contributed by atoms with Crippen molar-refractivity contribution in [2.75, 3.05) is 19.5 Å². The molecule has 0 bridgehead atoms. The maximum atomic E-state index is 11.1. The largest absolute Gasteiger partial charge is 0.384 e. The number of ketones is 1. The summed E-state index contributed by atoms with van der Waals surface area (Å²) >= 11 is 1.59. The molecular weight excluding hydrogens is 198 g/mol. The van der Waals surface area contributed by atoms with Crippen LogP contribution in [0, 0.1) is 0 Å². The van der Waals surface area contributed by atoms with Gasteiger partial charge in [0.2, 0.25) is 0 Å². The zero-order valence-electron chi connectivity index (χ0n) is 8.32. The molecule has 4 heteroatoms. The van der Waals surface area contributed by atoms with Crippen LogP contribution >= 0.6 is 11.8 Å². The Morgan fingerprint density at radius 1 is 1.64 bits per heavy atom. The lowest BCUT2D eigenvalue weighted by atomic mass is 10.2. The van der Waals surface area contributed by atoms with Crippen molar-refractivity contribution in [1.82, 2.24) is 4.98 Å². The van der Waals surface area contributed by atoms with Crippen molar-refractivity contribution in [1.29, 1.82) is 0 Å². The summed E-state index contributed by atoms with van der Waals surface area (Å²) in [6.07, 6.45) is 1.66. The molecule has 14 heavy (non-hydrogen) atoms.